The monoisotopic (exact) mass is 324 g/mol. The Labute approximate surface area is 140 Å². The minimum Gasteiger partial charge on any atom is -0.373 e. The predicted molar refractivity (Wildman–Crippen MR) is 97.1 cm³/mol. The molecule has 1 atom stereocenters. The lowest BCUT2D eigenvalue weighted by Gasteiger charge is -2.17. The van der Waals surface area contributed by atoms with Gasteiger partial charge in [-0.05, 0) is 36.6 Å². The van der Waals surface area contributed by atoms with Gasteiger partial charge in [-0.2, -0.15) is 0 Å². The molecule has 3 aromatic carbocycles. The van der Waals surface area contributed by atoms with Crippen LogP contribution in [0.3, 0.4) is 0 Å². The Balaban J connectivity index is 1.75. The summed E-state index contributed by atoms with van der Waals surface area (Å²) in [6.07, 6.45) is 0. The predicted octanol–water partition coefficient (Wildman–Crippen LogP) is 4.93. The van der Waals surface area contributed by atoms with Crippen molar-refractivity contribution in [3.05, 3.63) is 71.8 Å². The molecule has 0 heterocycles. The van der Waals surface area contributed by atoms with Gasteiger partial charge >= 0.3 is 0 Å². The Hall–Kier alpha value is -2.52. The second-order valence-corrected chi connectivity index (χ2v) is 5.83. The Bertz CT molecular complexity index is 842. The molecule has 0 aliphatic carbocycles. The molecule has 2 N–H and O–H groups in total. The Morgan fingerprint density at radius 1 is 1.00 bits per heavy atom. The van der Waals surface area contributed by atoms with E-state index in [9.17, 15) is 4.79 Å². The van der Waals surface area contributed by atoms with Gasteiger partial charge in [0.15, 0.2) is 0 Å². The Morgan fingerprint density at radius 2 is 1.74 bits per heavy atom. The average Bonchev–Trinajstić information content (AvgIpc) is 2.55. The number of halogens is 1. The fraction of sp³-hybridized carbons (Fsp3) is 0.105. The van der Waals surface area contributed by atoms with Gasteiger partial charge < -0.3 is 10.6 Å². The second kappa shape index (κ2) is 6.71. The van der Waals surface area contributed by atoms with Crippen molar-refractivity contribution in [3.63, 3.8) is 0 Å². The van der Waals surface area contributed by atoms with Crippen LogP contribution in [-0.4, -0.2) is 11.9 Å². The van der Waals surface area contributed by atoms with Gasteiger partial charge in [0, 0.05) is 21.8 Å². The quantitative estimate of drug-likeness (QED) is 0.714. The van der Waals surface area contributed by atoms with Crippen LogP contribution in [0.5, 0.6) is 0 Å². The van der Waals surface area contributed by atoms with E-state index in [4.69, 9.17) is 11.6 Å². The molecule has 0 saturated heterocycles. The third kappa shape index (κ3) is 3.63. The van der Waals surface area contributed by atoms with E-state index in [2.05, 4.69) is 22.8 Å². The Morgan fingerprint density at radius 3 is 2.57 bits per heavy atom. The first-order chi connectivity index (χ1) is 11.1. The van der Waals surface area contributed by atoms with Gasteiger partial charge in [0.1, 0.15) is 6.04 Å². The van der Waals surface area contributed by atoms with Crippen LogP contribution in [0.25, 0.3) is 10.8 Å². The molecule has 0 saturated carbocycles. The number of hydrogen-bond acceptors (Lipinski definition) is 2. The minimum absolute atomic E-state index is 0.111. The molecule has 0 spiro atoms. The SMILES string of the molecule is C[C@H](Nc1cccc2ccccc12)C(=O)Nc1cccc(Cl)c1. The fourth-order valence-electron chi connectivity index (χ4n) is 2.47. The summed E-state index contributed by atoms with van der Waals surface area (Å²) in [5, 5.41) is 8.97. The molecule has 23 heavy (non-hydrogen) atoms. The standard InChI is InChI=1S/C19H17ClN2O/c1-13(19(23)22-16-9-5-8-15(20)12-16)21-18-11-4-7-14-6-2-3-10-17(14)18/h2-13,21H,1H3,(H,22,23)/t13-/m0/s1. The zero-order chi connectivity index (χ0) is 16.2. The zero-order valence-electron chi connectivity index (χ0n) is 12.7. The van der Waals surface area contributed by atoms with E-state index < -0.39 is 0 Å². The highest BCUT2D eigenvalue weighted by Gasteiger charge is 2.14. The fourth-order valence-corrected chi connectivity index (χ4v) is 2.66. The van der Waals surface area contributed by atoms with E-state index in [1.165, 1.54) is 0 Å². The molecule has 1 amide bonds. The van der Waals surface area contributed by atoms with Crippen LogP contribution in [0.2, 0.25) is 5.02 Å². The maximum atomic E-state index is 12.3. The van der Waals surface area contributed by atoms with E-state index in [0.29, 0.717) is 10.7 Å². The molecule has 4 heteroatoms. The smallest absolute Gasteiger partial charge is 0.246 e. The molecule has 0 fully saturated rings. The van der Waals surface area contributed by atoms with E-state index in [1.807, 2.05) is 43.3 Å². The molecule has 116 valence electrons. The lowest BCUT2D eigenvalue weighted by Crippen LogP contribution is -2.31. The third-order valence-electron chi connectivity index (χ3n) is 3.65. The molecule has 3 aromatic rings. The summed E-state index contributed by atoms with van der Waals surface area (Å²) in [6, 6.07) is 20.8. The molecule has 0 aromatic heterocycles. The third-order valence-corrected chi connectivity index (χ3v) is 3.88. The van der Waals surface area contributed by atoms with Crippen LogP contribution in [0.15, 0.2) is 66.7 Å². The number of nitrogens with one attached hydrogen (secondary N) is 2. The van der Waals surface area contributed by atoms with Gasteiger partial charge in [-0.1, -0.05) is 54.1 Å². The summed E-state index contributed by atoms with van der Waals surface area (Å²) in [7, 11) is 0. The maximum absolute atomic E-state index is 12.3. The van der Waals surface area contributed by atoms with Gasteiger partial charge in [-0.3, -0.25) is 4.79 Å². The van der Waals surface area contributed by atoms with Crippen molar-refractivity contribution in [3.8, 4) is 0 Å². The number of rotatable bonds is 4. The highest BCUT2D eigenvalue weighted by Crippen LogP contribution is 2.24. The van der Waals surface area contributed by atoms with E-state index in [1.54, 1.807) is 18.2 Å². The summed E-state index contributed by atoms with van der Waals surface area (Å²) >= 11 is 5.94. The number of fused-ring (bicyclic) bond motifs is 1. The van der Waals surface area contributed by atoms with Crippen LogP contribution in [-0.2, 0) is 4.79 Å². The number of anilines is 2. The van der Waals surface area contributed by atoms with E-state index in [-0.39, 0.29) is 11.9 Å². The summed E-state index contributed by atoms with van der Waals surface area (Å²) < 4.78 is 0. The number of carbonyl (C=O) groups excluding carboxylic acids is 1. The lowest BCUT2D eigenvalue weighted by molar-refractivity contribution is -0.116. The van der Waals surface area contributed by atoms with Crippen LogP contribution < -0.4 is 10.6 Å². The van der Waals surface area contributed by atoms with E-state index in [0.717, 1.165) is 16.5 Å². The van der Waals surface area contributed by atoms with Crippen molar-refractivity contribution < 1.29 is 4.79 Å². The second-order valence-electron chi connectivity index (χ2n) is 5.39. The molecule has 0 unspecified atom stereocenters. The summed E-state index contributed by atoms with van der Waals surface area (Å²) in [4.78, 5) is 12.3. The molecule has 3 nitrogen and oxygen atoms in total. The van der Waals surface area contributed by atoms with Crippen molar-refractivity contribution in [2.75, 3.05) is 10.6 Å². The van der Waals surface area contributed by atoms with Crippen molar-refractivity contribution in [2.45, 2.75) is 13.0 Å². The molecule has 0 aliphatic rings. The highest BCUT2D eigenvalue weighted by atomic mass is 35.5. The number of carbonyl (C=O) groups is 1. The van der Waals surface area contributed by atoms with Crippen LogP contribution in [0.1, 0.15) is 6.92 Å². The summed E-state index contributed by atoms with van der Waals surface area (Å²) in [5.74, 6) is -0.111. The van der Waals surface area contributed by atoms with Crippen LogP contribution in [0.4, 0.5) is 11.4 Å². The molecule has 0 aliphatic heterocycles. The van der Waals surface area contributed by atoms with Gasteiger partial charge in [0.05, 0.1) is 0 Å². The normalized spacial score (nSPS) is 11.9. The van der Waals surface area contributed by atoms with Crippen molar-refractivity contribution in [1.82, 2.24) is 0 Å². The number of hydrogen-bond donors (Lipinski definition) is 2. The van der Waals surface area contributed by atoms with Gasteiger partial charge in [0.2, 0.25) is 5.91 Å². The molecule has 0 bridgehead atoms. The summed E-state index contributed by atoms with van der Waals surface area (Å²) in [6.45, 7) is 1.83. The first-order valence-electron chi connectivity index (χ1n) is 7.44. The van der Waals surface area contributed by atoms with Gasteiger partial charge in [0.25, 0.3) is 0 Å². The number of amides is 1. The zero-order valence-corrected chi connectivity index (χ0v) is 13.5. The topological polar surface area (TPSA) is 41.1 Å². The highest BCUT2D eigenvalue weighted by molar-refractivity contribution is 6.30. The molecule has 3 rings (SSSR count). The maximum Gasteiger partial charge on any atom is 0.246 e. The lowest BCUT2D eigenvalue weighted by atomic mass is 10.1. The minimum atomic E-state index is -0.375. The first kappa shape index (κ1) is 15.4. The first-order valence-corrected chi connectivity index (χ1v) is 7.82. The molecule has 0 radical (unpaired) electrons. The molecular weight excluding hydrogens is 308 g/mol. The van der Waals surface area contributed by atoms with E-state index >= 15 is 0 Å². The van der Waals surface area contributed by atoms with Crippen molar-refractivity contribution in [2.24, 2.45) is 0 Å². The van der Waals surface area contributed by atoms with Crippen LogP contribution in [0, 0.1) is 0 Å². The van der Waals surface area contributed by atoms with Crippen molar-refractivity contribution >= 4 is 39.7 Å². The van der Waals surface area contributed by atoms with Crippen LogP contribution >= 0.6 is 11.6 Å². The van der Waals surface area contributed by atoms with Crippen molar-refractivity contribution in [1.29, 1.82) is 0 Å². The Kier molecular flexibility index (Phi) is 4.49. The average molecular weight is 325 g/mol. The summed E-state index contributed by atoms with van der Waals surface area (Å²) in [5.41, 5.74) is 1.63. The van der Waals surface area contributed by atoms with Gasteiger partial charge in [-0.25, -0.2) is 0 Å². The molecular formula is C19H17ClN2O. The van der Waals surface area contributed by atoms with Gasteiger partial charge in [-0.15, -0.1) is 0 Å². The largest absolute Gasteiger partial charge is 0.373 e. The number of benzene rings is 3.